The zero-order chi connectivity index (χ0) is 19.6. The van der Waals surface area contributed by atoms with E-state index < -0.39 is 0 Å². The van der Waals surface area contributed by atoms with Gasteiger partial charge < -0.3 is 0 Å². The number of hydrogen-bond donors (Lipinski definition) is 0. The van der Waals surface area contributed by atoms with Gasteiger partial charge in [-0.05, 0) is 60.1 Å². The Hall–Kier alpha value is -2.78. The summed E-state index contributed by atoms with van der Waals surface area (Å²) in [5.41, 5.74) is 8.37. The van der Waals surface area contributed by atoms with E-state index in [1.807, 2.05) is 0 Å². The molecule has 0 spiro atoms. The largest absolute Gasteiger partial charge is 0.0982 e. The quantitative estimate of drug-likeness (QED) is 0.494. The third-order valence-electron chi connectivity index (χ3n) is 6.39. The molecule has 0 heterocycles. The molecule has 2 aromatic rings. The Morgan fingerprint density at radius 1 is 1.07 bits per heavy atom. The Morgan fingerprint density at radius 2 is 1.71 bits per heavy atom. The van der Waals surface area contributed by atoms with Gasteiger partial charge in [0.15, 0.2) is 0 Å². The minimum atomic E-state index is 0.0359. The molecule has 4 rings (SSSR count). The van der Waals surface area contributed by atoms with Crippen LogP contribution in [0.5, 0.6) is 0 Å². The number of hydrogen-bond acceptors (Lipinski definition) is 0. The lowest BCUT2D eigenvalue weighted by Crippen LogP contribution is -2.27. The molecule has 0 saturated carbocycles. The van der Waals surface area contributed by atoms with Crippen LogP contribution in [-0.2, 0) is 0 Å². The summed E-state index contributed by atoms with van der Waals surface area (Å²) in [5, 5.41) is 0. The van der Waals surface area contributed by atoms with Crippen LogP contribution < -0.4 is 0 Å². The van der Waals surface area contributed by atoms with Crippen LogP contribution in [-0.4, -0.2) is 0 Å². The van der Waals surface area contributed by atoms with Crippen LogP contribution in [0.4, 0.5) is 0 Å². The number of rotatable bonds is 4. The van der Waals surface area contributed by atoms with Crippen LogP contribution in [0.2, 0.25) is 0 Å². The lowest BCUT2D eigenvalue weighted by Gasteiger charge is -2.38. The molecule has 140 valence electrons. The van der Waals surface area contributed by atoms with Gasteiger partial charge in [0.1, 0.15) is 0 Å². The van der Waals surface area contributed by atoms with Crippen molar-refractivity contribution in [2.75, 3.05) is 0 Å². The van der Waals surface area contributed by atoms with Crippen LogP contribution in [0.1, 0.15) is 57.1 Å². The highest BCUT2D eigenvalue weighted by molar-refractivity contribution is 5.79. The van der Waals surface area contributed by atoms with E-state index in [2.05, 4.69) is 105 Å². The molecule has 28 heavy (non-hydrogen) atoms. The standard InChI is InChI=1S/C28H28/c1-4-21(2)13-11-12-20-28(3,22-14-5-6-15-22)27-25-18-9-7-16-23(25)24-17-8-10-19-26(24)27/h4-5,7-10,14-19,27H,6,12,20H2,1-3H3/b21-4+. The Morgan fingerprint density at radius 3 is 2.29 bits per heavy atom. The van der Waals surface area contributed by atoms with Crippen molar-refractivity contribution in [3.63, 3.8) is 0 Å². The van der Waals surface area contributed by atoms with Crippen molar-refractivity contribution in [2.45, 2.75) is 46.0 Å². The summed E-state index contributed by atoms with van der Waals surface area (Å²) in [4.78, 5) is 0. The van der Waals surface area contributed by atoms with Crippen molar-refractivity contribution in [1.82, 2.24) is 0 Å². The molecule has 0 heteroatoms. The molecule has 0 bridgehead atoms. The van der Waals surface area contributed by atoms with Crippen molar-refractivity contribution < 1.29 is 0 Å². The van der Waals surface area contributed by atoms with Gasteiger partial charge in [-0.25, -0.2) is 0 Å². The Labute approximate surface area is 169 Å². The Balaban J connectivity index is 1.79. The highest BCUT2D eigenvalue weighted by Gasteiger charge is 2.43. The first-order valence-corrected chi connectivity index (χ1v) is 10.3. The van der Waals surface area contributed by atoms with Gasteiger partial charge in [0.05, 0.1) is 0 Å². The van der Waals surface area contributed by atoms with E-state index in [9.17, 15) is 0 Å². The second-order valence-corrected chi connectivity index (χ2v) is 8.10. The van der Waals surface area contributed by atoms with E-state index in [0.29, 0.717) is 5.92 Å². The molecule has 2 aliphatic rings. The van der Waals surface area contributed by atoms with Gasteiger partial charge in [-0.2, -0.15) is 0 Å². The first-order valence-electron chi connectivity index (χ1n) is 10.3. The summed E-state index contributed by atoms with van der Waals surface area (Å²) < 4.78 is 0. The van der Waals surface area contributed by atoms with Gasteiger partial charge in [0.2, 0.25) is 0 Å². The molecule has 0 fully saturated rings. The van der Waals surface area contributed by atoms with Gasteiger partial charge in [0.25, 0.3) is 0 Å². The zero-order valence-electron chi connectivity index (χ0n) is 17.1. The van der Waals surface area contributed by atoms with E-state index in [-0.39, 0.29) is 5.41 Å². The topological polar surface area (TPSA) is 0 Å². The van der Waals surface area contributed by atoms with E-state index >= 15 is 0 Å². The van der Waals surface area contributed by atoms with Crippen molar-refractivity contribution in [1.29, 1.82) is 0 Å². The molecule has 0 aromatic heterocycles. The molecule has 0 saturated heterocycles. The van der Waals surface area contributed by atoms with Crippen LogP contribution in [0.15, 0.2) is 84.0 Å². The number of allylic oxidation sites excluding steroid dienone is 6. The van der Waals surface area contributed by atoms with Crippen LogP contribution in [0, 0.1) is 17.3 Å². The summed E-state index contributed by atoms with van der Waals surface area (Å²) >= 11 is 0. The van der Waals surface area contributed by atoms with E-state index in [4.69, 9.17) is 0 Å². The highest BCUT2D eigenvalue weighted by Crippen LogP contribution is 2.57. The second-order valence-electron chi connectivity index (χ2n) is 8.10. The maximum absolute atomic E-state index is 3.42. The zero-order valence-corrected chi connectivity index (χ0v) is 17.1. The van der Waals surface area contributed by atoms with Crippen LogP contribution >= 0.6 is 0 Å². The van der Waals surface area contributed by atoms with Gasteiger partial charge >= 0.3 is 0 Å². The fraction of sp³-hybridized carbons (Fsp3) is 0.286. The third-order valence-corrected chi connectivity index (χ3v) is 6.39. The van der Waals surface area contributed by atoms with Crippen LogP contribution in [0.25, 0.3) is 11.1 Å². The van der Waals surface area contributed by atoms with Crippen molar-refractivity contribution in [3.8, 4) is 23.0 Å². The summed E-state index contributed by atoms with van der Waals surface area (Å²) in [7, 11) is 0. The summed E-state index contributed by atoms with van der Waals surface area (Å²) in [6, 6.07) is 17.9. The fourth-order valence-electron chi connectivity index (χ4n) is 4.78. The Kier molecular flexibility index (Phi) is 5.10. The van der Waals surface area contributed by atoms with Gasteiger partial charge in [-0.1, -0.05) is 91.6 Å². The van der Waals surface area contributed by atoms with E-state index in [1.165, 1.54) is 27.8 Å². The first kappa shape index (κ1) is 18.6. The van der Waals surface area contributed by atoms with Gasteiger partial charge in [0, 0.05) is 17.8 Å². The molecule has 0 N–H and O–H groups in total. The molecule has 0 radical (unpaired) electrons. The van der Waals surface area contributed by atoms with Crippen molar-refractivity contribution in [2.24, 2.45) is 5.41 Å². The van der Waals surface area contributed by atoms with Crippen molar-refractivity contribution in [3.05, 3.63) is 95.1 Å². The first-order chi connectivity index (χ1) is 13.6. The van der Waals surface area contributed by atoms with E-state index in [1.54, 1.807) is 0 Å². The smallest absolute Gasteiger partial charge is 0.0196 e. The lowest BCUT2D eigenvalue weighted by atomic mass is 9.65. The summed E-state index contributed by atoms with van der Waals surface area (Å²) in [6.45, 7) is 6.58. The van der Waals surface area contributed by atoms with E-state index in [0.717, 1.165) is 24.8 Å². The average Bonchev–Trinajstić information content (AvgIpc) is 3.38. The molecule has 2 aliphatic carbocycles. The molecule has 1 unspecified atom stereocenters. The maximum atomic E-state index is 3.42. The monoisotopic (exact) mass is 364 g/mol. The van der Waals surface area contributed by atoms with Crippen LogP contribution in [0.3, 0.4) is 0 Å². The second kappa shape index (κ2) is 7.69. The maximum Gasteiger partial charge on any atom is 0.0196 e. The number of benzene rings is 2. The number of fused-ring (bicyclic) bond motifs is 3. The normalized spacial score (nSPS) is 17.4. The summed E-state index contributed by atoms with van der Waals surface area (Å²) in [5.74, 6) is 7.09. The molecule has 0 aliphatic heterocycles. The molecular formula is C28H28. The fourth-order valence-corrected chi connectivity index (χ4v) is 4.78. The molecule has 0 amide bonds. The molecular weight excluding hydrogens is 336 g/mol. The average molecular weight is 365 g/mol. The van der Waals surface area contributed by atoms with Gasteiger partial charge in [-0.15, -0.1) is 0 Å². The molecule has 1 atom stereocenters. The SMILES string of the molecule is C/C=C(\C)C#CCCC(C)(C1=CCC=C1)C1c2ccccc2-c2ccccc21. The minimum absolute atomic E-state index is 0.0359. The summed E-state index contributed by atoms with van der Waals surface area (Å²) in [6.07, 6.45) is 12.1. The highest BCUT2D eigenvalue weighted by atomic mass is 14.5. The molecule has 0 nitrogen and oxygen atoms in total. The van der Waals surface area contributed by atoms with Gasteiger partial charge in [-0.3, -0.25) is 0 Å². The minimum Gasteiger partial charge on any atom is -0.0982 e. The lowest BCUT2D eigenvalue weighted by molar-refractivity contribution is 0.335. The predicted octanol–water partition coefficient (Wildman–Crippen LogP) is 7.44. The van der Waals surface area contributed by atoms with Crippen molar-refractivity contribution >= 4 is 0 Å². The Bertz CT molecular complexity index is 989. The molecule has 2 aromatic carbocycles. The predicted molar refractivity (Wildman–Crippen MR) is 120 cm³/mol. The third kappa shape index (κ3) is 3.16.